The minimum Gasteiger partial charge on any atom is -0.494 e. The quantitative estimate of drug-likeness (QED) is 0.807. The number of anilines is 3. The Balaban J connectivity index is 1.84. The largest absolute Gasteiger partial charge is 0.494 e. The molecule has 1 aliphatic rings. The Morgan fingerprint density at radius 2 is 2.08 bits per heavy atom. The minimum absolute atomic E-state index is 0.0665. The van der Waals surface area contributed by atoms with Crippen LogP contribution in [-0.2, 0) is 4.79 Å². The van der Waals surface area contributed by atoms with Crippen LogP contribution in [0, 0.1) is 0 Å². The molecule has 6 nitrogen and oxygen atoms in total. The lowest BCUT2D eigenvalue weighted by Gasteiger charge is -2.14. The number of fused-ring (bicyclic) bond motifs is 1. The fourth-order valence-corrected chi connectivity index (χ4v) is 2.58. The van der Waals surface area contributed by atoms with Gasteiger partial charge < -0.3 is 20.7 Å². The minimum atomic E-state index is -0.246. The summed E-state index contributed by atoms with van der Waals surface area (Å²) in [6.45, 7) is 2.96. The van der Waals surface area contributed by atoms with Gasteiger partial charge in [0.2, 0.25) is 5.91 Å². The molecule has 0 spiro atoms. The Morgan fingerprint density at radius 1 is 1.25 bits per heavy atom. The van der Waals surface area contributed by atoms with E-state index in [2.05, 4.69) is 16.0 Å². The van der Waals surface area contributed by atoms with Gasteiger partial charge in [0.25, 0.3) is 5.91 Å². The van der Waals surface area contributed by atoms with Gasteiger partial charge in [0.05, 0.1) is 23.5 Å². The zero-order valence-electron chi connectivity index (χ0n) is 13.4. The molecule has 24 heavy (non-hydrogen) atoms. The first kappa shape index (κ1) is 15.9. The molecule has 0 bridgehead atoms. The molecule has 0 atom stereocenters. The maximum Gasteiger partial charge on any atom is 0.257 e. The lowest BCUT2D eigenvalue weighted by Crippen LogP contribution is -2.15. The average Bonchev–Trinajstić information content (AvgIpc) is 2.75. The molecule has 0 saturated heterocycles. The van der Waals surface area contributed by atoms with E-state index in [1.807, 2.05) is 19.1 Å². The second kappa shape index (κ2) is 7.04. The van der Waals surface area contributed by atoms with Crippen molar-refractivity contribution in [2.24, 2.45) is 0 Å². The third kappa shape index (κ3) is 3.48. The van der Waals surface area contributed by atoms with Crippen molar-refractivity contribution in [3.05, 3.63) is 48.0 Å². The Morgan fingerprint density at radius 3 is 2.92 bits per heavy atom. The molecule has 0 aromatic heterocycles. The molecule has 1 heterocycles. The van der Waals surface area contributed by atoms with Gasteiger partial charge in [-0.1, -0.05) is 12.1 Å². The molecular weight excluding hydrogens is 306 g/mol. The molecule has 0 saturated carbocycles. The van der Waals surface area contributed by atoms with Gasteiger partial charge in [-0.2, -0.15) is 0 Å². The number of para-hydroxylation sites is 1. The number of rotatable bonds is 4. The summed E-state index contributed by atoms with van der Waals surface area (Å²) < 4.78 is 5.44. The van der Waals surface area contributed by atoms with Crippen molar-refractivity contribution in [1.82, 2.24) is 0 Å². The van der Waals surface area contributed by atoms with Crippen LogP contribution < -0.4 is 20.7 Å². The van der Waals surface area contributed by atoms with E-state index in [1.54, 1.807) is 30.3 Å². The van der Waals surface area contributed by atoms with Gasteiger partial charge in [0, 0.05) is 24.7 Å². The average molecular weight is 325 g/mol. The van der Waals surface area contributed by atoms with Crippen LogP contribution in [0.4, 0.5) is 17.1 Å². The summed E-state index contributed by atoms with van der Waals surface area (Å²) in [4.78, 5) is 24.3. The number of benzene rings is 2. The molecule has 0 aliphatic carbocycles. The van der Waals surface area contributed by atoms with Crippen molar-refractivity contribution in [2.45, 2.75) is 13.3 Å². The summed E-state index contributed by atoms with van der Waals surface area (Å²) in [6, 6.07) is 12.5. The summed E-state index contributed by atoms with van der Waals surface area (Å²) in [6.07, 6.45) is 0.367. The first-order chi connectivity index (χ1) is 11.7. The van der Waals surface area contributed by atoms with Crippen LogP contribution in [0.3, 0.4) is 0 Å². The van der Waals surface area contributed by atoms with Gasteiger partial charge in [-0.25, -0.2) is 0 Å². The van der Waals surface area contributed by atoms with Gasteiger partial charge >= 0.3 is 0 Å². The molecule has 2 aromatic carbocycles. The van der Waals surface area contributed by atoms with Crippen molar-refractivity contribution >= 4 is 28.9 Å². The molecule has 3 N–H and O–H groups in total. The zero-order valence-corrected chi connectivity index (χ0v) is 13.4. The van der Waals surface area contributed by atoms with Gasteiger partial charge in [-0.3, -0.25) is 9.59 Å². The second-order valence-electron chi connectivity index (χ2n) is 5.37. The summed E-state index contributed by atoms with van der Waals surface area (Å²) in [5, 5.41) is 8.83. The SMILES string of the molecule is CCOc1cccc(NC(=O)c2cccc3c2NCCC(=O)N3)c1. The highest BCUT2D eigenvalue weighted by atomic mass is 16.5. The first-order valence-corrected chi connectivity index (χ1v) is 7.88. The number of carbonyl (C=O) groups excluding carboxylic acids is 2. The molecular formula is C18H19N3O3. The number of ether oxygens (including phenoxy) is 1. The van der Waals surface area contributed by atoms with E-state index >= 15 is 0 Å². The van der Waals surface area contributed by atoms with E-state index in [9.17, 15) is 9.59 Å². The number of carbonyl (C=O) groups is 2. The topological polar surface area (TPSA) is 79.5 Å². The van der Waals surface area contributed by atoms with Crippen LogP contribution in [0.25, 0.3) is 0 Å². The molecule has 6 heteroatoms. The fraction of sp³-hybridized carbons (Fsp3) is 0.222. The number of amides is 2. The van der Waals surface area contributed by atoms with Crippen LogP contribution in [0.2, 0.25) is 0 Å². The van der Waals surface area contributed by atoms with E-state index in [0.29, 0.717) is 47.9 Å². The van der Waals surface area contributed by atoms with Gasteiger partial charge in [-0.05, 0) is 31.2 Å². The lowest BCUT2D eigenvalue weighted by atomic mass is 10.1. The first-order valence-electron chi connectivity index (χ1n) is 7.88. The van der Waals surface area contributed by atoms with Crippen molar-refractivity contribution in [1.29, 1.82) is 0 Å². The third-order valence-electron chi connectivity index (χ3n) is 3.64. The molecule has 1 aliphatic heterocycles. The summed E-state index contributed by atoms with van der Waals surface area (Å²) >= 11 is 0. The van der Waals surface area contributed by atoms with Crippen LogP contribution in [0.5, 0.6) is 5.75 Å². The van der Waals surface area contributed by atoms with E-state index < -0.39 is 0 Å². The molecule has 124 valence electrons. The molecule has 3 rings (SSSR count). The van der Waals surface area contributed by atoms with Crippen molar-refractivity contribution < 1.29 is 14.3 Å². The van der Waals surface area contributed by atoms with E-state index in [-0.39, 0.29) is 11.8 Å². The molecule has 2 aromatic rings. The predicted octanol–water partition coefficient (Wildman–Crippen LogP) is 3.09. The van der Waals surface area contributed by atoms with Gasteiger partial charge in [-0.15, -0.1) is 0 Å². The highest BCUT2D eigenvalue weighted by Crippen LogP contribution is 2.29. The molecule has 0 radical (unpaired) electrons. The number of hydrogen-bond donors (Lipinski definition) is 3. The monoisotopic (exact) mass is 325 g/mol. The van der Waals surface area contributed by atoms with E-state index in [4.69, 9.17) is 4.74 Å². The molecule has 0 fully saturated rings. The predicted molar refractivity (Wildman–Crippen MR) is 93.7 cm³/mol. The molecule has 2 amide bonds. The second-order valence-corrected chi connectivity index (χ2v) is 5.37. The van der Waals surface area contributed by atoms with Crippen molar-refractivity contribution in [2.75, 3.05) is 29.1 Å². The van der Waals surface area contributed by atoms with E-state index in [0.717, 1.165) is 0 Å². The number of hydrogen-bond acceptors (Lipinski definition) is 4. The lowest BCUT2D eigenvalue weighted by molar-refractivity contribution is -0.115. The standard InChI is InChI=1S/C18H19N3O3/c1-2-24-13-6-3-5-12(11-13)20-18(23)14-7-4-8-15-17(14)19-10-9-16(22)21-15/h3-8,11,19H,2,9-10H2,1H3,(H,20,23)(H,21,22). The highest BCUT2D eigenvalue weighted by Gasteiger charge is 2.19. The van der Waals surface area contributed by atoms with Crippen LogP contribution >= 0.6 is 0 Å². The third-order valence-corrected chi connectivity index (χ3v) is 3.64. The van der Waals surface area contributed by atoms with Gasteiger partial charge in [0.15, 0.2) is 0 Å². The zero-order chi connectivity index (χ0) is 16.9. The Kier molecular flexibility index (Phi) is 4.65. The fourth-order valence-electron chi connectivity index (χ4n) is 2.58. The maximum atomic E-state index is 12.6. The van der Waals surface area contributed by atoms with Crippen LogP contribution in [0.15, 0.2) is 42.5 Å². The highest BCUT2D eigenvalue weighted by molar-refractivity contribution is 6.11. The normalized spacial score (nSPS) is 13.1. The number of nitrogens with one attached hydrogen (secondary N) is 3. The summed E-state index contributed by atoms with van der Waals surface area (Å²) in [7, 11) is 0. The Labute approximate surface area is 140 Å². The molecule has 0 unspecified atom stereocenters. The van der Waals surface area contributed by atoms with Crippen molar-refractivity contribution in [3.8, 4) is 5.75 Å². The Bertz CT molecular complexity index is 774. The summed E-state index contributed by atoms with van der Waals surface area (Å²) in [5.41, 5.74) is 2.40. The Hall–Kier alpha value is -3.02. The van der Waals surface area contributed by atoms with E-state index in [1.165, 1.54) is 0 Å². The van der Waals surface area contributed by atoms with Gasteiger partial charge in [0.1, 0.15) is 5.75 Å². The maximum absolute atomic E-state index is 12.6. The van der Waals surface area contributed by atoms with Crippen LogP contribution in [-0.4, -0.2) is 25.0 Å². The summed E-state index contributed by atoms with van der Waals surface area (Å²) in [5.74, 6) is 0.389. The smallest absolute Gasteiger partial charge is 0.257 e. The van der Waals surface area contributed by atoms with Crippen LogP contribution in [0.1, 0.15) is 23.7 Å². The van der Waals surface area contributed by atoms with Crippen molar-refractivity contribution in [3.63, 3.8) is 0 Å².